The molecule has 2 aromatic rings. The quantitative estimate of drug-likeness (QED) is 0.898. The topological polar surface area (TPSA) is 79.3 Å². The van der Waals surface area contributed by atoms with E-state index in [0.29, 0.717) is 18.7 Å². The smallest absolute Gasteiger partial charge is 0.319 e. The van der Waals surface area contributed by atoms with Crippen molar-refractivity contribution in [2.75, 3.05) is 18.9 Å². The maximum absolute atomic E-state index is 12.1. The first-order valence-corrected chi connectivity index (χ1v) is 7.88. The van der Waals surface area contributed by atoms with Gasteiger partial charge in [-0.1, -0.05) is 30.3 Å². The summed E-state index contributed by atoms with van der Waals surface area (Å²) in [6.45, 7) is 0.432. The van der Waals surface area contributed by atoms with Gasteiger partial charge >= 0.3 is 6.03 Å². The highest BCUT2D eigenvalue weighted by Gasteiger charge is 2.38. The Labute approximate surface area is 140 Å². The molecule has 0 radical (unpaired) electrons. The average Bonchev–Trinajstić information content (AvgIpc) is 3.10. The number of amides is 3. The molecule has 0 bridgehead atoms. The highest BCUT2D eigenvalue weighted by molar-refractivity contribution is 5.89. The highest BCUT2D eigenvalue weighted by Crippen LogP contribution is 2.36. The van der Waals surface area contributed by atoms with E-state index in [1.807, 2.05) is 37.4 Å². The number of nitrogens with one attached hydrogen (secondary N) is 2. The molecule has 7 nitrogen and oxygen atoms in total. The molecule has 1 aliphatic heterocycles. The van der Waals surface area contributed by atoms with E-state index in [9.17, 15) is 9.59 Å². The molecule has 7 heteroatoms. The van der Waals surface area contributed by atoms with Crippen LogP contribution < -0.4 is 10.6 Å². The van der Waals surface area contributed by atoms with Crippen LogP contribution in [0.4, 0.5) is 10.5 Å². The van der Waals surface area contributed by atoms with Gasteiger partial charge in [0.15, 0.2) is 0 Å². The van der Waals surface area contributed by atoms with Gasteiger partial charge in [-0.05, 0) is 5.56 Å². The molecular weight excluding hydrogens is 306 g/mol. The molecule has 0 aliphatic carbocycles. The van der Waals surface area contributed by atoms with Crippen LogP contribution in [0, 0.1) is 5.92 Å². The summed E-state index contributed by atoms with van der Waals surface area (Å²) in [6, 6.07) is 9.60. The minimum atomic E-state index is -0.295. The van der Waals surface area contributed by atoms with Crippen LogP contribution in [0.25, 0.3) is 0 Å². The summed E-state index contributed by atoms with van der Waals surface area (Å²) >= 11 is 0. The Balaban J connectivity index is 1.62. The normalized spacial score (nSPS) is 20.2. The van der Waals surface area contributed by atoms with Crippen molar-refractivity contribution in [1.29, 1.82) is 0 Å². The number of likely N-dealkylation sites (tertiary alicyclic amines) is 1. The van der Waals surface area contributed by atoms with Crippen molar-refractivity contribution in [3.63, 3.8) is 0 Å². The van der Waals surface area contributed by atoms with Crippen molar-refractivity contribution >= 4 is 17.6 Å². The first-order valence-electron chi connectivity index (χ1n) is 7.88. The number of aryl methyl sites for hydroxylation is 1. The van der Waals surface area contributed by atoms with Gasteiger partial charge in [-0.25, -0.2) is 4.79 Å². The number of carbonyl (C=O) groups excluding carboxylic acids is 2. The molecule has 1 saturated heterocycles. The SMILES string of the molecule is CN1C(=O)C[C@H](CNC(=O)Nc2cnn(C)c2)[C@@H]1c1ccccc1. The predicted molar refractivity (Wildman–Crippen MR) is 90.3 cm³/mol. The van der Waals surface area contributed by atoms with E-state index in [2.05, 4.69) is 15.7 Å². The minimum Gasteiger partial charge on any atom is -0.338 e. The lowest BCUT2D eigenvalue weighted by Crippen LogP contribution is -2.35. The molecular formula is C17H21N5O2. The van der Waals surface area contributed by atoms with E-state index < -0.39 is 0 Å². The summed E-state index contributed by atoms with van der Waals surface area (Å²) in [4.78, 5) is 25.9. The number of nitrogens with zero attached hydrogens (tertiary/aromatic N) is 3. The van der Waals surface area contributed by atoms with E-state index in [-0.39, 0.29) is 23.9 Å². The van der Waals surface area contributed by atoms with Crippen LogP contribution in [0.5, 0.6) is 0 Å². The summed E-state index contributed by atoms with van der Waals surface area (Å²) in [7, 11) is 3.60. The van der Waals surface area contributed by atoms with Gasteiger partial charge in [-0.15, -0.1) is 0 Å². The molecule has 1 aromatic carbocycles. The van der Waals surface area contributed by atoms with Crippen molar-refractivity contribution in [3.05, 3.63) is 48.3 Å². The molecule has 2 atom stereocenters. The Bertz CT molecular complexity index is 728. The Morgan fingerprint density at radius 2 is 2.04 bits per heavy atom. The third kappa shape index (κ3) is 3.40. The third-order valence-electron chi connectivity index (χ3n) is 4.32. The number of rotatable bonds is 4. The summed E-state index contributed by atoms with van der Waals surface area (Å²) in [5.41, 5.74) is 1.72. The largest absolute Gasteiger partial charge is 0.338 e. The van der Waals surface area contributed by atoms with Crippen LogP contribution in [0.15, 0.2) is 42.7 Å². The van der Waals surface area contributed by atoms with Crippen LogP contribution in [-0.2, 0) is 11.8 Å². The fraction of sp³-hybridized carbons (Fsp3) is 0.353. The van der Waals surface area contributed by atoms with Gasteiger partial charge in [0.2, 0.25) is 5.91 Å². The Hall–Kier alpha value is -2.83. The van der Waals surface area contributed by atoms with Crippen LogP contribution in [-0.4, -0.2) is 40.2 Å². The van der Waals surface area contributed by atoms with Gasteiger partial charge in [0.05, 0.1) is 17.9 Å². The molecule has 0 unspecified atom stereocenters. The summed E-state index contributed by atoms with van der Waals surface area (Å²) in [5, 5.41) is 9.59. The number of urea groups is 1. The van der Waals surface area contributed by atoms with Crippen molar-refractivity contribution in [3.8, 4) is 0 Å². The number of aromatic nitrogens is 2. The molecule has 0 spiro atoms. The summed E-state index contributed by atoms with van der Waals surface area (Å²) in [5.74, 6) is 0.146. The van der Waals surface area contributed by atoms with Crippen LogP contribution in [0.2, 0.25) is 0 Å². The standard InChI is InChI=1S/C17H21N5O2/c1-21-11-14(10-19-21)20-17(24)18-9-13-8-15(23)22(2)16(13)12-6-4-3-5-7-12/h3-7,10-11,13,16H,8-9H2,1-2H3,(H2,18,20,24)/t13-,16+/m1/s1. The number of carbonyl (C=O) groups is 2. The number of benzene rings is 1. The number of hydrogen-bond donors (Lipinski definition) is 2. The van der Waals surface area contributed by atoms with Crippen molar-refractivity contribution in [1.82, 2.24) is 20.0 Å². The lowest BCUT2D eigenvalue weighted by molar-refractivity contribution is -0.127. The van der Waals surface area contributed by atoms with E-state index in [4.69, 9.17) is 0 Å². The fourth-order valence-electron chi connectivity index (χ4n) is 3.17. The van der Waals surface area contributed by atoms with Crippen molar-refractivity contribution in [2.45, 2.75) is 12.5 Å². The first kappa shape index (κ1) is 16.0. The van der Waals surface area contributed by atoms with Crippen molar-refractivity contribution in [2.24, 2.45) is 13.0 Å². The monoisotopic (exact) mass is 327 g/mol. The zero-order valence-electron chi connectivity index (χ0n) is 13.8. The molecule has 2 N–H and O–H groups in total. The Kier molecular flexibility index (Phi) is 4.50. The molecule has 1 aliphatic rings. The van der Waals surface area contributed by atoms with Crippen molar-refractivity contribution < 1.29 is 9.59 Å². The van der Waals surface area contributed by atoms with Crippen LogP contribution >= 0.6 is 0 Å². The zero-order valence-corrected chi connectivity index (χ0v) is 13.8. The lowest BCUT2D eigenvalue weighted by atomic mass is 9.94. The zero-order chi connectivity index (χ0) is 17.1. The maximum atomic E-state index is 12.1. The van der Waals surface area contributed by atoms with E-state index in [1.54, 1.807) is 29.0 Å². The van der Waals surface area contributed by atoms with E-state index in [1.165, 1.54) is 0 Å². The van der Waals surface area contributed by atoms with Gasteiger partial charge in [0.25, 0.3) is 0 Å². The molecule has 2 heterocycles. The second-order valence-corrected chi connectivity index (χ2v) is 6.06. The molecule has 3 amide bonds. The minimum absolute atomic E-state index is 0.0163. The number of hydrogen-bond acceptors (Lipinski definition) is 3. The van der Waals surface area contributed by atoms with Gasteiger partial charge in [0.1, 0.15) is 0 Å². The number of anilines is 1. The predicted octanol–water partition coefficient (Wildman–Crippen LogP) is 1.76. The van der Waals surface area contributed by atoms with Crippen LogP contribution in [0.1, 0.15) is 18.0 Å². The van der Waals surface area contributed by atoms with E-state index in [0.717, 1.165) is 5.56 Å². The Morgan fingerprint density at radius 3 is 2.71 bits per heavy atom. The van der Waals surface area contributed by atoms with Gasteiger partial charge in [-0.3, -0.25) is 9.48 Å². The highest BCUT2D eigenvalue weighted by atomic mass is 16.2. The van der Waals surface area contributed by atoms with Gasteiger partial charge in [0, 0.05) is 39.2 Å². The van der Waals surface area contributed by atoms with Crippen LogP contribution in [0.3, 0.4) is 0 Å². The third-order valence-corrected chi connectivity index (χ3v) is 4.32. The second kappa shape index (κ2) is 6.74. The molecule has 3 rings (SSSR count). The molecule has 24 heavy (non-hydrogen) atoms. The van der Waals surface area contributed by atoms with Gasteiger partial charge in [-0.2, -0.15) is 5.10 Å². The average molecular weight is 327 g/mol. The second-order valence-electron chi connectivity index (χ2n) is 6.06. The summed E-state index contributed by atoms with van der Waals surface area (Å²) < 4.78 is 1.62. The summed E-state index contributed by atoms with van der Waals surface area (Å²) in [6.07, 6.45) is 3.74. The van der Waals surface area contributed by atoms with Gasteiger partial charge < -0.3 is 15.5 Å². The van der Waals surface area contributed by atoms with E-state index >= 15 is 0 Å². The lowest BCUT2D eigenvalue weighted by Gasteiger charge is -2.25. The molecule has 0 saturated carbocycles. The molecule has 126 valence electrons. The first-order chi connectivity index (χ1) is 11.5. The molecule has 1 fully saturated rings. The Morgan fingerprint density at radius 1 is 1.29 bits per heavy atom. The fourth-order valence-corrected chi connectivity index (χ4v) is 3.17. The maximum Gasteiger partial charge on any atom is 0.319 e. The molecule has 1 aromatic heterocycles.